The lowest BCUT2D eigenvalue weighted by Gasteiger charge is -2.32. The number of aryl methyl sites for hydroxylation is 1. The first-order valence-corrected chi connectivity index (χ1v) is 11.3. The van der Waals surface area contributed by atoms with Crippen molar-refractivity contribution in [3.63, 3.8) is 0 Å². The van der Waals surface area contributed by atoms with Gasteiger partial charge in [0.05, 0.1) is 5.56 Å². The average Bonchev–Trinajstić information content (AvgIpc) is 2.78. The van der Waals surface area contributed by atoms with Gasteiger partial charge in [-0.3, -0.25) is 14.6 Å². The molecule has 0 unspecified atom stereocenters. The third-order valence-electron chi connectivity index (χ3n) is 5.77. The molecule has 7 heteroatoms. The number of carbonyl (C=O) groups excluding carboxylic acids is 1. The van der Waals surface area contributed by atoms with E-state index < -0.39 is 5.92 Å². The molecule has 2 aromatic heterocycles. The quantitative estimate of drug-likeness (QED) is 0.473. The fourth-order valence-corrected chi connectivity index (χ4v) is 5.05. The lowest BCUT2D eigenvalue weighted by Crippen LogP contribution is -2.32. The van der Waals surface area contributed by atoms with Crippen molar-refractivity contribution in [3.05, 3.63) is 92.7 Å². The highest BCUT2D eigenvalue weighted by molar-refractivity contribution is 7.98. The number of thioether (sulfide) groups is 1. The Morgan fingerprint density at radius 2 is 1.84 bits per heavy atom. The first-order chi connectivity index (χ1) is 15.1. The maximum absolute atomic E-state index is 13.2. The van der Waals surface area contributed by atoms with Crippen LogP contribution in [-0.4, -0.2) is 20.7 Å². The highest BCUT2D eigenvalue weighted by atomic mass is 32.2. The fourth-order valence-electron chi connectivity index (χ4n) is 4.23. The second-order valence-electron chi connectivity index (χ2n) is 7.92. The van der Waals surface area contributed by atoms with E-state index >= 15 is 0 Å². The molecule has 1 aliphatic heterocycles. The molecule has 0 saturated heterocycles. The van der Waals surface area contributed by atoms with Crippen LogP contribution >= 0.6 is 11.8 Å². The number of benzene rings is 1. The van der Waals surface area contributed by atoms with Gasteiger partial charge in [0.25, 0.3) is 5.56 Å². The Bertz CT molecular complexity index is 1230. The van der Waals surface area contributed by atoms with Crippen molar-refractivity contribution in [2.45, 2.75) is 43.0 Å². The number of hydrogen-bond acceptors (Lipinski definition) is 6. The van der Waals surface area contributed by atoms with Gasteiger partial charge in [-0.15, -0.1) is 0 Å². The maximum Gasteiger partial charge on any atom is 0.257 e. The first kappa shape index (κ1) is 19.8. The number of allylic oxidation sites excluding steroid dienone is 2. The molecule has 5 rings (SSSR count). The van der Waals surface area contributed by atoms with Crippen LogP contribution in [0.2, 0.25) is 0 Å². The lowest BCUT2D eigenvalue weighted by molar-refractivity contribution is -0.116. The summed E-state index contributed by atoms with van der Waals surface area (Å²) in [5.74, 6) is 0.931. The topological polar surface area (TPSA) is 87.7 Å². The van der Waals surface area contributed by atoms with Gasteiger partial charge in [0.15, 0.2) is 10.9 Å². The van der Waals surface area contributed by atoms with E-state index in [4.69, 9.17) is 4.98 Å². The SMILES string of the molecule is Cc1ccc(CSc2nc3c(c(=O)[nH]2)[C@H](c2ccncc2)C2=C(CCCC2=O)N3)cc1. The minimum atomic E-state index is -0.422. The Balaban J connectivity index is 1.54. The molecule has 3 aromatic rings. The summed E-state index contributed by atoms with van der Waals surface area (Å²) in [4.78, 5) is 37.8. The van der Waals surface area contributed by atoms with Crippen LogP contribution in [0.5, 0.6) is 0 Å². The predicted molar refractivity (Wildman–Crippen MR) is 121 cm³/mol. The number of pyridine rings is 1. The molecule has 0 spiro atoms. The minimum Gasteiger partial charge on any atom is -0.343 e. The van der Waals surface area contributed by atoms with Crippen LogP contribution in [0.1, 0.15) is 47.4 Å². The third-order valence-corrected chi connectivity index (χ3v) is 6.72. The number of anilines is 1. The summed E-state index contributed by atoms with van der Waals surface area (Å²) >= 11 is 1.49. The largest absolute Gasteiger partial charge is 0.343 e. The molecule has 0 fully saturated rings. The van der Waals surface area contributed by atoms with Gasteiger partial charge in [-0.25, -0.2) is 4.98 Å². The molecule has 2 N–H and O–H groups in total. The molecule has 0 saturated carbocycles. The Morgan fingerprint density at radius 3 is 2.61 bits per heavy atom. The second-order valence-corrected chi connectivity index (χ2v) is 8.88. The van der Waals surface area contributed by atoms with E-state index in [-0.39, 0.29) is 11.3 Å². The highest BCUT2D eigenvalue weighted by Crippen LogP contribution is 2.43. The molecule has 1 atom stereocenters. The predicted octanol–water partition coefficient (Wildman–Crippen LogP) is 4.33. The molecule has 0 amide bonds. The number of aromatic nitrogens is 3. The number of Topliss-reactive ketones (excluding diaryl/α,β-unsaturated/α-hetero) is 1. The van der Waals surface area contributed by atoms with Gasteiger partial charge in [-0.05, 0) is 43.0 Å². The van der Waals surface area contributed by atoms with Gasteiger partial charge in [0.1, 0.15) is 5.82 Å². The minimum absolute atomic E-state index is 0.0958. The molecule has 1 aliphatic carbocycles. The van der Waals surface area contributed by atoms with Crippen LogP contribution in [-0.2, 0) is 10.5 Å². The summed E-state index contributed by atoms with van der Waals surface area (Å²) in [6.45, 7) is 2.06. The van der Waals surface area contributed by atoms with Crippen molar-refractivity contribution in [1.82, 2.24) is 15.0 Å². The summed E-state index contributed by atoms with van der Waals surface area (Å²) in [6, 6.07) is 12.1. The van der Waals surface area contributed by atoms with Crippen LogP contribution in [0.15, 0.2) is 70.0 Å². The van der Waals surface area contributed by atoms with Gasteiger partial charge < -0.3 is 10.3 Å². The first-order valence-electron chi connectivity index (χ1n) is 10.4. The standard InChI is InChI=1S/C24H22N4O2S/c1-14-5-7-15(8-6-14)13-31-24-27-22-21(23(30)28-24)19(16-9-11-25-12-10-16)20-17(26-22)3-2-4-18(20)29/h5-12,19H,2-4,13H2,1H3,(H2,26,27,28,30)/t19-/m1/s1. The molecule has 31 heavy (non-hydrogen) atoms. The molecule has 0 bridgehead atoms. The number of nitrogens with one attached hydrogen (secondary N) is 2. The lowest BCUT2D eigenvalue weighted by atomic mass is 9.77. The van der Waals surface area contributed by atoms with Crippen molar-refractivity contribution in [3.8, 4) is 0 Å². The Kier molecular flexibility index (Phi) is 5.19. The smallest absolute Gasteiger partial charge is 0.257 e. The van der Waals surface area contributed by atoms with E-state index in [1.807, 2.05) is 12.1 Å². The fraction of sp³-hybridized carbons (Fsp3) is 0.250. The number of rotatable bonds is 4. The highest BCUT2D eigenvalue weighted by Gasteiger charge is 2.37. The molecular formula is C24H22N4O2S. The number of ketones is 1. The zero-order valence-corrected chi connectivity index (χ0v) is 18.0. The van der Waals surface area contributed by atoms with E-state index in [1.54, 1.807) is 12.4 Å². The summed E-state index contributed by atoms with van der Waals surface area (Å²) in [7, 11) is 0. The number of nitrogens with zero attached hydrogens (tertiary/aromatic N) is 2. The number of hydrogen-bond donors (Lipinski definition) is 2. The number of carbonyl (C=O) groups is 1. The Hall–Kier alpha value is -3.19. The molecule has 156 valence electrons. The molecule has 2 aliphatic rings. The van der Waals surface area contributed by atoms with Crippen molar-refractivity contribution >= 4 is 23.4 Å². The van der Waals surface area contributed by atoms with E-state index in [1.165, 1.54) is 22.9 Å². The Labute approximate surface area is 184 Å². The van der Waals surface area contributed by atoms with Gasteiger partial charge in [-0.1, -0.05) is 41.6 Å². The molecule has 6 nitrogen and oxygen atoms in total. The molecule has 0 radical (unpaired) electrons. The average molecular weight is 431 g/mol. The van der Waals surface area contributed by atoms with Gasteiger partial charge in [-0.2, -0.15) is 0 Å². The van der Waals surface area contributed by atoms with Crippen molar-refractivity contribution in [2.24, 2.45) is 0 Å². The maximum atomic E-state index is 13.2. The molecule has 3 heterocycles. The number of fused-ring (bicyclic) bond motifs is 1. The molecule has 1 aromatic carbocycles. The van der Waals surface area contributed by atoms with Crippen LogP contribution in [0.25, 0.3) is 0 Å². The van der Waals surface area contributed by atoms with E-state index in [9.17, 15) is 9.59 Å². The van der Waals surface area contributed by atoms with E-state index in [0.29, 0.717) is 34.3 Å². The zero-order chi connectivity index (χ0) is 21.4. The van der Waals surface area contributed by atoms with Crippen LogP contribution in [0, 0.1) is 6.92 Å². The van der Waals surface area contributed by atoms with E-state index in [2.05, 4.69) is 46.5 Å². The Morgan fingerprint density at radius 1 is 1.06 bits per heavy atom. The monoisotopic (exact) mass is 430 g/mol. The summed E-state index contributed by atoms with van der Waals surface area (Å²) in [6.07, 6.45) is 5.48. The number of aromatic amines is 1. The number of H-pyrrole nitrogens is 1. The summed E-state index contributed by atoms with van der Waals surface area (Å²) < 4.78 is 0. The normalized spacial score (nSPS) is 17.7. The van der Waals surface area contributed by atoms with Gasteiger partial charge in [0, 0.05) is 41.8 Å². The van der Waals surface area contributed by atoms with Crippen molar-refractivity contribution in [2.75, 3.05) is 5.32 Å². The van der Waals surface area contributed by atoms with Gasteiger partial charge >= 0.3 is 0 Å². The third kappa shape index (κ3) is 3.81. The van der Waals surface area contributed by atoms with Gasteiger partial charge in [0.2, 0.25) is 0 Å². The van der Waals surface area contributed by atoms with Crippen molar-refractivity contribution in [1.29, 1.82) is 0 Å². The van der Waals surface area contributed by atoms with Crippen LogP contribution in [0.3, 0.4) is 0 Å². The van der Waals surface area contributed by atoms with Crippen LogP contribution < -0.4 is 10.9 Å². The van der Waals surface area contributed by atoms with Crippen molar-refractivity contribution < 1.29 is 4.79 Å². The molecular weight excluding hydrogens is 408 g/mol. The summed E-state index contributed by atoms with van der Waals surface area (Å²) in [5.41, 5.74) is 5.13. The second kappa shape index (κ2) is 8.15. The van der Waals surface area contributed by atoms with E-state index in [0.717, 1.165) is 24.1 Å². The van der Waals surface area contributed by atoms with Crippen LogP contribution in [0.4, 0.5) is 5.82 Å². The zero-order valence-electron chi connectivity index (χ0n) is 17.1. The summed E-state index contributed by atoms with van der Waals surface area (Å²) in [5, 5.41) is 3.88.